The molecule has 0 amide bonds. The van der Waals surface area contributed by atoms with Gasteiger partial charge in [-0.1, -0.05) is 38.4 Å². The van der Waals surface area contributed by atoms with Crippen molar-refractivity contribution in [2.75, 3.05) is 0 Å². The summed E-state index contributed by atoms with van der Waals surface area (Å²) in [6, 6.07) is 5.29. The van der Waals surface area contributed by atoms with Crippen molar-refractivity contribution in [2.24, 2.45) is 0 Å². The van der Waals surface area contributed by atoms with Crippen molar-refractivity contribution in [1.82, 2.24) is 0 Å². The summed E-state index contributed by atoms with van der Waals surface area (Å²) in [5.74, 6) is 0.168. The van der Waals surface area contributed by atoms with E-state index in [-0.39, 0.29) is 5.75 Å². The van der Waals surface area contributed by atoms with Crippen molar-refractivity contribution < 1.29 is 5.11 Å². The normalized spacial score (nSPS) is 8.67. The van der Waals surface area contributed by atoms with Crippen LogP contribution in [0.5, 0.6) is 5.75 Å². The van der Waals surface area contributed by atoms with Gasteiger partial charge in [-0.3, -0.25) is 0 Å². The van der Waals surface area contributed by atoms with E-state index in [2.05, 4.69) is 0 Å². The zero-order valence-electron chi connectivity index (χ0n) is 7.76. The first-order chi connectivity index (χ1) is 5.74. The highest BCUT2D eigenvalue weighted by Crippen LogP contribution is 2.23. The third-order valence-corrected chi connectivity index (χ3v) is 1.74. The molecule has 0 aliphatic carbocycles. The lowest BCUT2D eigenvalue weighted by Crippen LogP contribution is -1.77. The second-order valence-corrected chi connectivity index (χ2v) is 2.55. The Balaban J connectivity index is 0.000000561. The molecule has 1 N–H and O–H groups in total. The molecule has 68 valence electrons. The van der Waals surface area contributed by atoms with Crippen LogP contribution in [0.25, 0.3) is 0 Å². The van der Waals surface area contributed by atoms with Crippen LogP contribution in [0.15, 0.2) is 18.2 Å². The molecule has 0 radical (unpaired) electrons. The van der Waals surface area contributed by atoms with E-state index in [4.69, 9.17) is 16.7 Å². The highest BCUT2D eigenvalue weighted by atomic mass is 35.5. The fourth-order valence-corrected chi connectivity index (χ4v) is 0.896. The Morgan fingerprint density at radius 2 is 1.92 bits per heavy atom. The summed E-state index contributed by atoms with van der Waals surface area (Å²) in [5, 5.41) is 9.51. The molecular weight excluding hydrogens is 172 g/mol. The van der Waals surface area contributed by atoms with Gasteiger partial charge in [0, 0.05) is 0 Å². The number of phenolic OH excluding ortho intramolecular Hbond substituents is 1. The van der Waals surface area contributed by atoms with Crippen molar-refractivity contribution in [1.29, 1.82) is 0 Å². The first kappa shape index (κ1) is 11.3. The topological polar surface area (TPSA) is 20.2 Å². The summed E-state index contributed by atoms with van der Waals surface area (Å²) in [6.07, 6.45) is 0.921. The van der Waals surface area contributed by atoms with Crippen LogP contribution in [-0.2, 0) is 6.42 Å². The molecule has 1 aromatic rings. The molecular formula is C10H15ClO. The van der Waals surface area contributed by atoms with Crippen LogP contribution in [-0.4, -0.2) is 5.11 Å². The van der Waals surface area contributed by atoms with Crippen molar-refractivity contribution in [3.05, 3.63) is 28.8 Å². The fraction of sp³-hybridized carbons (Fsp3) is 0.400. The zero-order chi connectivity index (χ0) is 9.56. The van der Waals surface area contributed by atoms with Crippen molar-refractivity contribution in [3.8, 4) is 5.75 Å². The Bertz CT molecular complexity index is 233. The molecule has 1 nitrogen and oxygen atoms in total. The number of hydrogen-bond acceptors (Lipinski definition) is 1. The van der Waals surface area contributed by atoms with E-state index in [0.717, 1.165) is 12.0 Å². The van der Waals surface area contributed by atoms with E-state index >= 15 is 0 Å². The number of rotatable bonds is 1. The minimum Gasteiger partial charge on any atom is -0.506 e. The molecule has 0 atom stereocenters. The van der Waals surface area contributed by atoms with E-state index < -0.39 is 0 Å². The first-order valence-electron chi connectivity index (χ1n) is 4.21. The summed E-state index contributed by atoms with van der Waals surface area (Å²) < 4.78 is 0. The minimum atomic E-state index is 0.168. The third-order valence-electron chi connectivity index (χ3n) is 1.42. The van der Waals surface area contributed by atoms with Gasteiger partial charge in [-0.2, -0.15) is 0 Å². The van der Waals surface area contributed by atoms with Gasteiger partial charge in [0.2, 0.25) is 0 Å². The zero-order valence-corrected chi connectivity index (χ0v) is 8.52. The fourth-order valence-electron chi connectivity index (χ4n) is 0.778. The monoisotopic (exact) mass is 186 g/mol. The predicted molar refractivity (Wildman–Crippen MR) is 53.8 cm³/mol. The highest BCUT2D eigenvalue weighted by Gasteiger charge is 1.96. The van der Waals surface area contributed by atoms with Crippen molar-refractivity contribution in [2.45, 2.75) is 27.2 Å². The summed E-state index contributed by atoms with van der Waals surface area (Å²) in [7, 11) is 0. The highest BCUT2D eigenvalue weighted by molar-refractivity contribution is 6.31. The Labute approximate surface area is 79.0 Å². The molecule has 0 aromatic heterocycles. The molecule has 0 spiro atoms. The SMILES string of the molecule is CC.CCc1ccc(Cl)c(O)c1. The summed E-state index contributed by atoms with van der Waals surface area (Å²) >= 11 is 5.59. The summed E-state index contributed by atoms with van der Waals surface area (Å²) in [6.45, 7) is 6.03. The molecule has 0 unspecified atom stereocenters. The lowest BCUT2D eigenvalue weighted by atomic mass is 10.2. The standard InChI is InChI=1S/C8H9ClO.C2H6/c1-2-6-3-4-7(9)8(10)5-6;1-2/h3-5,10H,2H2,1H3;1-2H3. The third kappa shape index (κ3) is 3.14. The lowest BCUT2D eigenvalue weighted by Gasteiger charge is -1.98. The smallest absolute Gasteiger partial charge is 0.134 e. The second-order valence-electron chi connectivity index (χ2n) is 2.14. The van der Waals surface area contributed by atoms with E-state index in [1.165, 1.54) is 0 Å². The molecule has 1 aromatic carbocycles. The number of phenols is 1. The van der Waals surface area contributed by atoms with Crippen LogP contribution in [0.1, 0.15) is 26.3 Å². The molecule has 1 rings (SSSR count). The van der Waals surface area contributed by atoms with Gasteiger partial charge in [-0.25, -0.2) is 0 Å². The number of hydrogen-bond donors (Lipinski definition) is 1. The van der Waals surface area contributed by atoms with Gasteiger partial charge >= 0.3 is 0 Å². The average molecular weight is 187 g/mol. The van der Waals surface area contributed by atoms with Gasteiger partial charge in [0.15, 0.2) is 0 Å². The van der Waals surface area contributed by atoms with Gasteiger partial charge in [0.25, 0.3) is 0 Å². The van der Waals surface area contributed by atoms with Crippen LogP contribution >= 0.6 is 11.6 Å². The second kappa shape index (κ2) is 5.90. The molecule has 2 heteroatoms. The summed E-state index contributed by atoms with van der Waals surface area (Å²) in [5.41, 5.74) is 1.10. The molecule has 0 aliphatic heterocycles. The average Bonchev–Trinajstić information content (AvgIpc) is 2.13. The van der Waals surface area contributed by atoms with Crippen molar-refractivity contribution in [3.63, 3.8) is 0 Å². The van der Waals surface area contributed by atoms with Gasteiger partial charge in [0.05, 0.1) is 5.02 Å². The van der Waals surface area contributed by atoms with Crippen LogP contribution in [0.2, 0.25) is 5.02 Å². The summed E-state index contributed by atoms with van der Waals surface area (Å²) in [4.78, 5) is 0. The molecule has 0 heterocycles. The maximum absolute atomic E-state index is 9.10. The Hall–Kier alpha value is -0.690. The van der Waals surface area contributed by atoms with Gasteiger partial charge in [-0.05, 0) is 24.1 Å². The van der Waals surface area contributed by atoms with Crippen LogP contribution < -0.4 is 0 Å². The lowest BCUT2D eigenvalue weighted by molar-refractivity contribution is 0.475. The Morgan fingerprint density at radius 1 is 1.33 bits per heavy atom. The van der Waals surface area contributed by atoms with Gasteiger partial charge in [-0.15, -0.1) is 0 Å². The number of aromatic hydroxyl groups is 1. The van der Waals surface area contributed by atoms with Crippen LogP contribution in [0, 0.1) is 0 Å². The molecule has 0 saturated carbocycles. The van der Waals surface area contributed by atoms with Crippen LogP contribution in [0.4, 0.5) is 0 Å². The molecule has 12 heavy (non-hydrogen) atoms. The molecule has 0 fully saturated rings. The van der Waals surface area contributed by atoms with Crippen molar-refractivity contribution >= 4 is 11.6 Å². The van der Waals surface area contributed by atoms with Gasteiger partial charge in [0.1, 0.15) is 5.75 Å². The van der Waals surface area contributed by atoms with Crippen LogP contribution in [0.3, 0.4) is 0 Å². The largest absolute Gasteiger partial charge is 0.506 e. The van der Waals surface area contributed by atoms with E-state index in [9.17, 15) is 0 Å². The quantitative estimate of drug-likeness (QED) is 0.710. The van der Waals surface area contributed by atoms with E-state index in [1.54, 1.807) is 12.1 Å². The Kier molecular flexibility index (Phi) is 5.56. The predicted octanol–water partition coefficient (Wildman–Crippen LogP) is 3.63. The maximum Gasteiger partial charge on any atom is 0.134 e. The first-order valence-corrected chi connectivity index (χ1v) is 4.59. The maximum atomic E-state index is 9.10. The number of halogens is 1. The molecule has 0 aliphatic rings. The van der Waals surface area contributed by atoms with Gasteiger partial charge < -0.3 is 5.11 Å². The molecule has 0 saturated heterocycles. The Morgan fingerprint density at radius 3 is 2.33 bits per heavy atom. The van der Waals surface area contributed by atoms with E-state index in [1.807, 2.05) is 26.8 Å². The minimum absolute atomic E-state index is 0.168. The number of benzene rings is 1. The molecule has 0 bridgehead atoms. The number of aryl methyl sites for hydroxylation is 1. The van der Waals surface area contributed by atoms with E-state index in [0.29, 0.717) is 5.02 Å².